The third-order valence-electron chi connectivity index (χ3n) is 3.25. The standard InChI is InChI=1S/C15H24O4/c1-4-7-8-11(5-2)9-13(15(18)19)10-12(6-3)14(16)17/h6,10-12H,3-5,7-9H2,1-2H3,(H,16,17)(H,18,19). The maximum absolute atomic E-state index is 11.2. The fourth-order valence-electron chi connectivity index (χ4n) is 1.94. The van der Waals surface area contributed by atoms with Crippen molar-refractivity contribution in [1.82, 2.24) is 0 Å². The Morgan fingerprint density at radius 1 is 1.26 bits per heavy atom. The third kappa shape index (κ3) is 6.79. The highest BCUT2D eigenvalue weighted by Crippen LogP contribution is 2.22. The van der Waals surface area contributed by atoms with E-state index in [0.717, 1.165) is 25.7 Å². The Balaban J connectivity index is 4.89. The summed E-state index contributed by atoms with van der Waals surface area (Å²) in [5, 5.41) is 18.1. The third-order valence-corrected chi connectivity index (χ3v) is 3.25. The Hall–Kier alpha value is -1.58. The van der Waals surface area contributed by atoms with Crippen LogP contribution in [0.1, 0.15) is 46.0 Å². The minimum atomic E-state index is -1.07. The van der Waals surface area contributed by atoms with Crippen LogP contribution in [0.2, 0.25) is 0 Å². The second kappa shape index (κ2) is 9.36. The first-order chi connectivity index (χ1) is 8.96. The predicted octanol–water partition coefficient (Wildman–Crippen LogP) is 3.49. The van der Waals surface area contributed by atoms with Crippen molar-refractivity contribution >= 4 is 11.9 Å². The highest BCUT2D eigenvalue weighted by Gasteiger charge is 2.18. The molecule has 0 aromatic heterocycles. The molecule has 2 unspecified atom stereocenters. The lowest BCUT2D eigenvalue weighted by molar-refractivity contribution is -0.138. The molecule has 0 spiro atoms. The van der Waals surface area contributed by atoms with E-state index in [1.54, 1.807) is 0 Å². The Kier molecular flexibility index (Phi) is 8.58. The summed E-state index contributed by atoms with van der Waals surface area (Å²) in [4.78, 5) is 22.1. The first kappa shape index (κ1) is 17.4. The molecule has 2 N–H and O–H groups in total. The van der Waals surface area contributed by atoms with Gasteiger partial charge in [0.25, 0.3) is 0 Å². The van der Waals surface area contributed by atoms with E-state index in [2.05, 4.69) is 13.5 Å². The number of aliphatic carboxylic acids is 2. The van der Waals surface area contributed by atoms with Crippen LogP contribution in [-0.2, 0) is 9.59 Å². The SMILES string of the molecule is C=CC(C=C(CC(CC)CCCC)C(=O)O)C(=O)O. The molecule has 2 atom stereocenters. The summed E-state index contributed by atoms with van der Waals surface area (Å²) in [5.41, 5.74) is 0.176. The van der Waals surface area contributed by atoms with Crippen LogP contribution in [0.3, 0.4) is 0 Å². The van der Waals surface area contributed by atoms with Crippen LogP contribution in [0.5, 0.6) is 0 Å². The van der Waals surface area contributed by atoms with Crippen molar-refractivity contribution in [3.8, 4) is 0 Å². The Morgan fingerprint density at radius 3 is 2.26 bits per heavy atom. The van der Waals surface area contributed by atoms with Gasteiger partial charge in [-0.3, -0.25) is 4.79 Å². The highest BCUT2D eigenvalue weighted by atomic mass is 16.4. The Bertz CT molecular complexity index is 344. The maximum atomic E-state index is 11.2. The van der Waals surface area contributed by atoms with Crippen molar-refractivity contribution in [1.29, 1.82) is 0 Å². The number of unbranched alkanes of at least 4 members (excludes halogenated alkanes) is 1. The molecule has 0 fully saturated rings. The van der Waals surface area contributed by atoms with Gasteiger partial charge in [-0.25, -0.2) is 4.79 Å². The monoisotopic (exact) mass is 268 g/mol. The second-order valence-corrected chi connectivity index (χ2v) is 4.72. The van der Waals surface area contributed by atoms with E-state index < -0.39 is 17.9 Å². The fraction of sp³-hybridized carbons (Fsp3) is 0.600. The molecule has 0 amide bonds. The van der Waals surface area contributed by atoms with Crippen LogP contribution < -0.4 is 0 Å². The summed E-state index contributed by atoms with van der Waals surface area (Å²) in [7, 11) is 0. The van der Waals surface area contributed by atoms with Crippen molar-refractivity contribution in [2.75, 3.05) is 0 Å². The molecule has 0 saturated carbocycles. The number of carboxylic acid groups (broad SMARTS) is 2. The number of carboxylic acids is 2. The van der Waals surface area contributed by atoms with E-state index in [0.29, 0.717) is 12.3 Å². The van der Waals surface area contributed by atoms with E-state index in [1.165, 1.54) is 12.2 Å². The van der Waals surface area contributed by atoms with Gasteiger partial charge in [0.2, 0.25) is 0 Å². The molecule has 0 rings (SSSR count). The van der Waals surface area contributed by atoms with Gasteiger partial charge in [0.1, 0.15) is 0 Å². The topological polar surface area (TPSA) is 74.6 Å². The van der Waals surface area contributed by atoms with E-state index >= 15 is 0 Å². The molecule has 0 aromatic rings. The first-order valence-corrected chi connectivity index (χ1v) is 6.75. The zero-order valence-corrected chi connectivity index (χ0v) is 11.8. The van der Waals surface area contributed by atoms with Gasteiger partial charge < -0.3 is 10.2 Å². The van der Waals surface area contributed by atoms with Gasteiger partial charge in [0, 0.05) is 5.57 Å². The Labute approximate surface area is 114 Å². The normalized spacial score (nSPS) is 14.7. The van der Waals surface area contributed by atoms with E-state index in [4.69, 9.17) is 5.11 Å². The summed E-state index contributed by atoms with van der Waals surface area (Å²) in [6.45, 7) is 7.55. The van der Waals surface area contributed by atoms with Crippen LogP contribution in [0.4, 0.5) is 0 Å². The smallest absolute Gasteiger partial charge is 0.331 e. The van der Waals surface area contributed by atoms with Crippen LogP contribution in [0.15, 0.2) is 24.3 Å². The molecule has 19 heavy (non-hydrogen) atoms. The number of hydrogen-bond donors (Lipinski definition) is 2. The Morgan fingerprint density at radius 2 is 1.89 bits per heavy atom. The second-order valence-electron chi connectivity index (χ2n) is 4.72. The van der Waals surface area contributed by atoms with Gasteiger partial charge in [0.05, 0.1) is 5.92 Å². The number of carbonyl (C=O) groups is 2. The minimum absolute atomic E-state index is 0.176. The first-order valence-electron chi connectivity index (χ1n) is 6.75. The molecular formula is C15H24O4. The summed E-state index contributed by atoms with van der Waals surface area (Å²) in [5.74, 6) is -2.75. The molecular weight excluding hydrogens is 244 g/mol. The van der Waals surface area contributed by atoms with Gasteiger partial charge in [0.15, 0.2) is 0 Å². The maximum Gasteiger partial charge on any atom is 0.331 e. The van der Waals surface area contributed by atoms with Crippen molar-refractivity contribution in [3.05, 3.63) is 24.3 Å². The molecule has 4 nitrogen and oxygen atoms in total. The molecule has 0 aliphatic heterocycles. The van der Waals surface area contributed by atoms with Crippen LogP contribution in [-0.4, -0.2) is 22.2 Å². The lowest BCUT2D eigenvalue weighted by atomic mass is 9.90. The lowest BCUT2D eigenvalue weighted by Crippen LogP contribution is -2.13. The van der Waals surface area contributed by atoms with Crippen LogP contribution in [0, 0.1) is 11.8 Å². The van der Waals surface area contributed by atoms with Crippen molar-refractivity contribution in [3.63, 3.8) is 0 Å². The summed E-state index contributed by atoms with van der Waals surface area (Å²) in [6.07, 6.45) is 6.98. The molecule has 0 saturated heterocycles. The minimum Gasteiger partial charge on any atom is -0.481 e. The lowest BCUT2D eigenvalue weighted by Gasteiger charge is -2.15. The van der Waals surface area contributed by atoms with Gasteiger partial charge in [-0.05, 0) is 12.3 Å². The van der Waals surface area contributed by atoms with E-state index in [1.807, 2.05) is 6.92 Å². The van der Waals surface area contributed by atoms with Gasteiger partial charge in [-0.2, -0.15) is 0 Å². The van der Waals surface area contributed by atoms with Crippen LogP contribution >= 0.6 is 0 Å². The average molecular weight is 268 g/mol. The van der Waals surface area contributed by atoms with E-state index in [9.17, 15) is 14.7 Å². The summed E-state index contributed by atoms with van der Waals surface area (Å²) in [6, 6.07) is 0. The molecule has 4 heteroatoms. The molecule has 108 valence electrons. The molecule has 0 bridgehead atoms. The number of hydrogen-bond acceptors (Lipinski definition) is 2. The average Bonchev–Trinajstić information content (AvgIpc) is 2.37. The fourth-order valence-corrected chi connectivity index (χ4v) is 1.94. The molecule has 0 aromatic carbocycles. The zero-order chi connectivity index (χ0) is 14.8. The zero-order valence-electron chi connectivity index (χ0n) is 11.8. The summed E-state index contributed by atoms with van der Waals surface area (Å²) >= 11 is 0. The molecule has 0 radical (unpaired) electrons. The van der Waals surface area contributed by atoms with Crippen molar-refractivity contribution in [2.24, 2.45) is 11.8 Å². The predicted molar refractivity (Wildman–Crippen MR) is 75.0 cm³/mol. The van der Waals surface area contributed by atoms with Gasteiger partial charge in [-0.15, -0.1) is 6.58 Å². The number of rotatable bonds is 10. The van der Waals surface area contributed by atoms with Crippen molar-refractivity contribution in [2.45, 2.75) is 46.0 Å². The molecule has 0 aliphatic carbocycles. The van der Waals surface area contributed by atoms with Crippen molar-refractivity contribution < 1.29 is 19.8 Å². The quantitative estimate of drug-likeness (QED) is 0.470. The molecule has 0 aliphatic rings. The largest absolute Gasteiger partial charge is 0.481 e. The summed E-state index contributed by atoms with van der Waals surface area (Å²) < 4.78 is 0. The van der Waals surface area contributed by atoms with Gasteiger partial charge in [-0.1, -0.05) is 51.7 Å². The van der Waals surface area contributed by atoms with Crippen LogP contribution in [0.25, 0.3) is 0 Å². The van der Waals surface area contributed by atoms with Gasteiger partial charge >= 0.3 is 11.9 Å². The highest BCUT2D eigenvalue weighted by molar-refractivity contribution is 5.88. The molecule has 0 heterocycles. The van der Waals surface area contributed by atoms with E-state index in [-0.39, 0.29) is 5.57 Å².